The van der Waals surface area contributed by atoms with Gasteiger partial charge in [-0.05, 0) is 37.5 Å². The third-order valence-corrected chi connectivity index (χ3v) is 3.21. The maximum absolute atomic E-state index is 10.7. The third-order valence-electron chi connectivity index (χ3n) is 3.21. The molecule has 1 N–H and O–H groups in total. The second-order valence-electron chi connectivity index (χ2n) is 4.99. The van der Waals surface area contributed by atoms with Crippen LogP contribution in [0, 0.1) is 0 Å². The van der Waals surface area contributed by atoms with Gasteiger partial charge < -0.3 is 9.67 Å². The van der Waals surface area contributed by atoms with Gasteiger partial charge in [-0.15, -0.1) is 0 Å². The molecule has 18 heavy (non-hydrogen) atoms. The number of aliphatic carboxylic acids is 1. The van der Waals surface area contributed by atoms with E-state index in [1.165, 1.54) is 0 Å². The molecule has 4 heteroatoms. The van der Waals surface area contributed by atoms with Crippen molar-refractivity contribution in [1.82, 2.24) is 9.55 Å². The highest BCUT2D eigenvalue weighted by molar-refractivity contribution is 5.77. The summed E-state index contributed by atoms with van der Waals surface area (Å²) in [5.74, 6) is -0.758. The number of aromatic nitrogens is 2. The number of fused-ring (bicyclic) bond motifs is 1. The number of imidazole rings is 1. The molecule has 0 aliphatic rings. The van der Waals surface area contributed by atoms with E-state index in [9.17, 15) is 4.79 Å². The van der Waals surface area contributed by atoms with Gasteiger partial charge in [0.1, 0.15) is 0 Å². The number of carboxylic acid groups (broad SMARTS) is 1. The van der Waals surface area contributed by atoms with Gasteiger partial charge in [0, 0.05) is 6.04 Å². The van der Waals surface area contributed by atoms with E-state index < -0.39 is 5.97 Å². The topological polar surface area (TPSA) is 55.1 Å². The zero-order valence-electron chi connectivity index (χ0n) is 10.9. The lowest BCUT2D eigenvalue weighted by atomic mass is 9.97. The molecule has 0 amide bonds. The maximum Gasteiger partial charge on any atom is 0.303 e. The van der Waals surface area contributed by atoms with Gasteiger partial charge >= 0.3 is 5.97 Å². The molecule has 0 aliphatic carbocycles. The van der Waals surface area contributed by atoms with Crippen molar-refractivity contribution in [3.05, 3.63) is 30.1 Å². The van der Waals surface area contributed by atoms with Crippen molar-refractivity contribution < 1.29 is 9.90 Å². The van der Waals surface area contributed by atoms with Crippen LogP contribution in [0.3, 0.4) is 0 Å². The van der Waals surface area contributed by atoms with Gasteiger partial charge in [0.15, 0.2) is 0 Å². The summed E-state index contributed by atoms with van der Waals surface area (Å²) in [6.45, 7) is 6.15. The number of hydrogen-bond donors (Lipinski definition) is 1. The monoisotopic (exact) mass is 246 g/mol. The van der Waals surface area contributed by atoms with Crippen LogP contribution in [-0.4, -0.2) is 20.6 Å². The van der Waals surface area contributed by atoms with E-state index in [0.29, 0.717) is 6.04 Å². The molecule has 2 rings (SSSR count). The molecule has 0 fully saturated rings. The second kappa shape index (κ2) is 4.80. The quantitative estimate of drug-likeness (QED) is 0.901. The van der Waals surface area contributed by atoms with E-state index in [2.05, 4.69) is 23.4 Å². The molecule has 1 atom stereocenters. The molecular weight excluding hydrogens is 228 g/mol. The van der Waals surface area contributed by atoms with Crippen molar-refractivity contribution in [2.24, 2.45) is 0 Å². The predicted octanol–water partition coefficient (Wildman–Crippen LogP) is 3.20. The summed E-state index contributed by atoms with van der Waals surface area (Å²) in [6.07, 6.45) is 1.98. The summed E-state index contributed by atoms with van der Waals surface area (Å²) in [5, 5.41) is 8.82. The summed E-state index contributed by atoms with van der Waals surface area (Å²) >= 11 is 0. The van der Waals surface area contributed by atoms with E-state index in [-0.39, 0.29) is 12.3 Å². The molecule has 1 aromatic heterocycles. The van der Waals surface area contributed by atoms with Crippen molar-refractivity contribution in [3.63, 3.8) is 0 Å². The fourth-order valence-electron chi connectivity index (χ4n) is 2.15. The largest absolute Gasteiger partial charge is 0.481 e. The number of carboxylic acids is 1. The third kappa shape index (κ3) is 2.37. The fraction of sp³-hybridized carbons (Fsp3) is 0.429. The van der Waals surface area contributed by atoms with Gasteiger partial charge in [-0.25, -0.2) is 4.98 Å². The van der Waals surface area contributed by atoms with Gasteiger partial charge in [-0.2, -0.15) is 0 Å². The lowest BCUT2D eigenvalue weighted by molar-refractivity contribution is -0.137. The lowest BCUT2D eigenvalue weighted by Crippen LogP contribution is -2.03. The van der Waals surface area contributed by atoms with Crippen LogP contribution in [0.25, 0.3) is 11.0 Å². The Morgan fingerprint density at radius 2 is 2.11 bits per heavy atom. The van der Waals surface area contributed by atoms with Gasteiger partial charge in [-0.3, -0.25) is 4.79 Å². The van der Waals surface area contributed by atoms with Crippen LogP contribution >= 0.6 is 0 Å². The Hall–Kier alpha value is -1.84. The second-order valence-corrected chi connectivity index (χ2v) is 4.99. The van der Waals surface area contributed by atoms with Crippen molar-refractivity contribution in [3.8, 4) is 0 Å². The van der Waals surface area contributed by atoms with Crippen molar-refractivity contribution in [1.29, 1.82) is 0 Å². The number of rotatable bonds is 4. The van der Waals surface area contributed by atoms with Crippen LogP contribution in [0.4, 0.5) is 0 Å². The van der Waals surface area contributed by atoms with E-state index >= 15 is 0 Å². The predicted molar refractivity (Wildman–Crippen MR) is 70.8 cm³/mol. The number of benzene rings is 1. The van der Waals surface area contributed by atoms with Crippen molar-refractivity contribution in [2.75, 3.05) is 0 Å². The summed E-state index contributed by atoms with van der Waals surface area (Å²) in [6, 6.07) is 6.38. The molecule has 0 bridgehead atoms. The minimum Gasteiger partial charge on any atom is -0.481 e. The van der Waals surface area contributed by atoms with Crippen LogP contribution in [0.5, 0.6) is 0 Å². The highest BCUT2D eigenvalue weighted by Gasteiger charge is 2.12. The highest BCUT2D eigenvalue weighted by atomic mass is 16.4. The highest BCUT2D eigenvalue weighted by Crippen LogP contribution is 2.24. The van der Waals surface area contributed by atoms with Gasteiger partial charge in [0.05, 0.1) is 23.8 Å². The van der Waals surface area contributed by atoms with Crippen LogP contribution < -0.4 is 0 Å². The molecule has 1 aromatic carbocycles. The minimum absolute atomic E-state index is 0.0103. The summed E-state index contributed by atoms with van der Waals surface area (Å²) in [7, 11) is 0. The number of nitrogens with zero attached hydrogens (tertiary/aromatic N) is 2. The Labute approximate surface area is 106 Å². The smallest absolute Gasteiger partial charge is 0.303 e. The van der Waals surface area contributed by atoms with Gasteiger partial charge in [-0.1, -0.05) is 13.0 Å². The molecule has 1 heterocycles. The average molecular weight is 246 g/mol. The molecule has 0 spiro atoms. The van der Waals surface area contributed by atoms with Crippen molar-refractivity contribution >= 4 is 17.0 Å². The zero-order valence-corrected chi connectivity index (χ0v) is 10.9. The molecule has 0 aliphatic heterocycles. The number of hydrogen-bond acceptors (Lipinski definition) is 2. The first-order valence-electron chi connectivity index (χ1n) is 6.17. The van der Waals surface area contributed by atoms with E-state index in [0.717, 1.165) is 16.6 Å². The first-order chi connectivity index (χ1) is 8.49. The normalized spacial score (nSPS) is 13.1. The zero-order chi connectivity index (χ0) is 13.3. The first-order valence-corrected chi connectivity index (χ1v) is 6.17. The van der Waals surface area contributed by atoms with Crippen LogP contribution in [0.15, 0.2) is 24.5 Å². The standard InChI is InChI=1S/C14H18N2O2/c1-9(2)16-8-15-12-7-11(4-5-13(12)16)10(3)6-14(17)18/h4-5,7-10H,6H2,1-3H3,(H,17,18). The Kier molecular flexibility index (Phi) is 3.36. The van der Waals surface area contributed by atoms with Crippen LogP contribution in [-0.2, 0) is 4.79 Å². The molecule has 1 unspecified atom stereocenters. The number of carbonyl (C=O) groups is 1. The molecule has 0 saturated carbocycles. The van der Waals surface area contributed by atoms with E-state index in [4.69, 9.17) is 5.11 Å². The summed E-state index contributed by atoms with van der Waals surface area (Å²) < 4.78 is 2.11. The van der Waals surface area contributed by atoms with Crippen LogP contribution in [0.2, 0.25) is 0 Å². The Morgan fingerprint density at radius 1 is 1.39 bits per heavy atom. The summed E-state index contributed by atoms with van der Waals surface area (Å²) in [4.78, 5) is 15.1. The molecule has 0 saturated heterocycles. The van der Waals surface area contributed by atoms with Crippen LogP contribution in [0.1, 0.15) is 44.7 Å². The Bertz CT molecular complexity index is 572. The van der Waals surface area contributed by atoms with E-state index in [1.807, 2.05) is 31.5 Å². The molecular formula is C14H18N2O2. The van der Waals surface area contributed by atoms with Gasteiger partial charge in [0.2, 0.25) is 0 Å². The first kappa shape index (κ1) is 12.6. The summed E-state index contributed by atoms with van der Waals surface area (Å²) in [5.41, 5.74) is 3.05. The molecule has 96 valence electrons. The molecule has 4 nitrogen and oxygen atoms in total. The molecule has 2 aromatic rings. The van der Waals surface area contributed by atoms with E-state index in [1.54, 1.807) is 0 Å². The van der Waals surface area contributed by atoms with Gasteiger partial charge in [0.25, 0.3) is 0 Å². The van der Waals surface area contributed by atoms with Crippen molar-refractivity contribution in [2.45, 2.75) is 39.2 Å². The minimum atomic E-state index is -0.768. The lowest BCUT2D eigenvalue weighted by Gasteiger charge is -2.11. The SMILES string of the molecule is CC(CC(=O)O)c1ccc2c(c1)ncn2C(C)C. The molecule has 0 radical (unpaired) electrons. The fourth-order valence-corrected chi connectivity index (χ4v) is 2.15. The average Bonchev–Trinajstić information content (AvgIpc) is 2.70. The maximum atomic E-state index is 10.7. The Morgan fingerprint density at radius 3 is 2.72 bits per heavy atom. The Balaban J connectivity index is 2.37.